The fourth-order valence-electron chi connectivity index (χ4n) is 2.21. The summed E-state index contributed by atoms with van der Waals surface area (Å²) in [5.41, 5.74) is 1.15. The molecule has 2 rings (SSSR count). The second-order valence-corrected chi connectivity index (χ2v) is 5.95. The highest BCUT2D eigenvalue weighted by Gasteiger charge is 2.26. The lowest BCUT2D eigenvalue weighted by molar-refractivity contribution is -0.134. The van der Waals surface area contributed by atoms with Crippen LogP contribution in [0.5, 0.6) is 0 Å². The minimum atomic E-state index is -0.427. The van der Waals surface area contributed by atoms with Gasteiger partial charge in [-0.25, -0.2) is 4.79 Å². The lowest BCUT2D eigenvalue weighted by Gasteiger charge is -2.22. The summed E-state index contributed by atoms with van der Waals surface area (Å²) in [6.07, 6.45) is 2.21. The fraction of sp³-hybridized carbons (Fsp3) is 0.375. The molecule has 1 aromatic carbocycles. The standard InChI is InChI=1S/C16H20N2O3S/c1-17(13-7-4-3-5-8-13)9-6-10-18-14(19)12-22-15(18)11-16(20)21-2/h3-5,7-8,11H,6,9-10,12H2,1-2H3/b15-11+. The number of esters is 1. The Kier molecular flexibility index (Phi) is 5.89. The first-order valence-electron chi connectivity index (χ1n) is 7.11. The van der Waals surface area contributed by atoms with Gasteiger partial charge in [-0.15, -0.1) is 0 Å². The smallest absolute Gasteiger partial charge is 0.333 e. The monoisotopic (exact) mass is 320 g/mol. The number of hydrogen-bond donors (Lipinski definition) is 0. The number of benzene rings is 1. The Hall–Kier alpha value is -1.95. The predicted molar refractivity (Wildman–Crippen MR) is 88.6 cm³/mol. The molecule has 0 spiro atoms. The maximum Gasteiger partial charge on any atom is 0.333 e. The van der Waals surface area contributed by atoms with Crippen LogP contribution < -0.4 is 4.90 Å². The first kappa shape index (κ1) is 16.4. The van der Waals surface area contributed by atoms with Crippen LogP contribution >= 0.6 is 11.8 Å². The van der Waals surface area contributed by atoms with Gasteiger partial charge in [0.25, 0.3) is 0 Å². The van der Waals surface area contributed by atoms with E-state index in [2.05, 4.69) is 21.8 Å². The van der Waals surface area contributed by atoms with Gasteiger partial charge in [0.1, 0.15) is 0 Å². The number of para-hydroxylation sites is 1. The maximum atomic E-state index is 11.9. The molecule has 1 saturated heterocycles. The number of ether oxygens (including phenoxy) is 1. The SMILES string of the molecule is COC(=O)/C=C1/SCC(=O)N1CCCN(C)c1ccccc1. The highest BCUT2D eigenvalue weighted by Crippen LogP contribution is 2.28. The van der Waals surface area contributed by atoms with Crippen LogP contribution in [0.25, 0.3) is 0 Å². The Labute approximate surface area is 134 Å². The van der Waals surface area contributed by atoms with Crippen LogP contribution in [0.15, 0.2) is 41.4 Å². The normalized spacial score (nSPS) is 16.2. The molecule has 0 N–H and O–H groups in total. The van der Waals surface area contributed by atoms with Crippen molar-refractivity contribution in [2.75, 3.05) is 37.9 Å². The van der Waals surface area contributed by atoms with E-state index in [1.165, 1.54) is 24.9 Å². The molecule has 1 aliphatic heterocycles. The van der Waals surface area contributed by atoms with Gasteiger partial charge in [0.05, 0.1) is 24.0 Å². The molecule has 6 heteroatoms. The van der Waals surface area contributed by atoms with E-state index >= 15 is 0 Å². The molecule has 118 valence electrons. The summed E-state index contributed by atoms with van der Waals surface area (Å²) >= 11 is 1.38. The second kappa shape index (κ2) is 7.89. The molecule has 0 unspecified atom stereocenters. The number of thioether (sulfide) groups is 1. The number of methoxy groups -OCH3 is 1. The number of amides is 1. The van der Waals surface area contributed by atoms with Crippen molar-refractivity contribution in [3.8, 4) is 0 Å². The van der Waals surface area contributed by atoms with E-state index in [9.17, 15) is 9.59 Å². The van der Waals surface area contributed by atoms with Gasteiger partial charge >= 0.3 is 5.97 Å². The van der Waals surface area contributed by atoms with E-state index in [4.69, 9.17) is 0 Å². The molecule has 0 bridgehead atoms. The van der Waals surface area contributed by atoms with Gasteiger partial charge in [-0.1, -0.05) is 30.0 Å². The van der Waals surface area contributed by atoms with Crippen LogP contribution in [-0.2, 0) is 14.3 Å². The van der Waals surface area contributed by atoms with E-state index in [1.807, 2.05) is 25.2 Å². The molecule has 1 aliphatic rings. The Balaban J connectivity index is 1.88. The topological polar surface area (TPSA) is 49.9 Å². The highest BCUT2D eigenvalue weighted by atomic mass is 32.2. The van der Waals surface area contributed by atoms with Crippen LogP contribution in [0.2, 0.25) is 0 Å². The lowest BCUT2D eigenvalue weighted by atomic mass is 10.3. The van der Waals surface area contributed by atoms with Crippen molar-refractivity contribution in [1.29, 1.82) is 0 Å². The quantitative estimate of drug-likeness (QED) is 0.593. The molecule has 5 nitrogen and oxygen atoms in total. The summed E-state index contributed by atoms with van der Waals surface area (Å²) < 4.78 is 4.62. The Morgan fingerprint density at radius 3 is 2.82 bits per heavy atom. The molecule has 1 aromatic rings. The van der Waals surface area contributed by atoms with Gasteiger partial charge in [-0.05, 0) is 18.6 Å². The molecule has 0 radical (unpaired) electrons. The summed E-state index contributed by atoms with van der Waals surface area (Å²) in [5.74, 6) is 0.00304. The van der Waals surface area contributed by atoms with Crippen molar-refractivity contribution in [3.63, 3.8) is 0 Å². The minimum absolute atomic E-state index is 0.0440. The number of carbonyl (C=O) groups is 2. The number of hydrogen-bond acceptors (Lipinski definition) is 5. The van der Waals surface area contributed by atoms with Crippen molar-refractivity contribution in [3.05, 3.63) is 41.4 Å². The van der Waals surface area contributed by atoms with Gasteiger partial charge in [0.2, 0.25) is 5.91 Å². The molecule has 22 heavy (non-hydrogen) atoms. The fourth-order valence-corrected chi connectivity index (χ4v) is 3.16. The van der Waals surface area contributed by atoms with Crippen molar-refractivity contribution in [2.45, 2.75) is 6.42 Å². The zero-order valence-electron chi connectivity index (χ0n) is 12.8. The molecule has 0 saturated carbocycles. The molecule has 1 fully saturated rings. The Morgan fingerprint density at radius 2 is 2.14 bits per heavy atom. The molecule has 0 atom stereocenters. The number of rotatable bonds is 6. The molecular formula is C16H20N2O3S. The van der Waals surface area contributed by atoms with Gasteiger partial charge in [0, 0.05) is 25.8 Å². The van der Waals surface area contributed by atoms with Crippen molar-refractivity contribution in [1.82, 2.24) is 4.90 Å². The molecular weight excluding hydrogens is 300 g/mol. The van der Waals surface area contributed by atoms with E-state index in [-0.39, 0.29) is 5.91 Å². The molecule has 0 aromatic heterocycles. The van der Waals surface area contributed by atoms with Crippen molar-refractivity contribution in [2.24, 2.45) is 0 Å². The third kappa shape index (κ3) is 4.27. The van der Waals surface area contributed by atoms with Crippen molar-refractivity contribution >= 4 is 29.3 Å². The van der Waals surface area contributed by atoms with E-state index in [0.29, 0.717) is 17.3 Å². The summed E-state index contributed by atoms with van der Waals surface area (Å²) in [6, 6.07) is 10.1. The number of anilines is 1. The summed E-state index contributed by atoms with van der Waals surface area (Å²) in [7, 11) is 3.36. The average molecular weight is 320 g/mol. The molecule has 0 aliphatic carbocycles. The van der Waals surface area contributed by atoms with Gasteiger partial charge in [-0.3, -0.25) is 4.79 Å². The third-order valence-corrected chi connectivity index (χ3v) is 4.45. The summed E-state index contributed by atoms with van der Waals surface area (Å²) in [6.45, 7) is 1.44. The summed E-state index contributed by atoms with van der Waals surface area (Å²) in [4.78, 5) is 27.0. The van der Waals surface area contributed by atoms with E-state index in [0.717, 1.165) is 18.7 Å². The van der Waals surface area contributed by atoms with Crippen molar-refractivity contribution < 1.29 is 14.3 Å². The van der Waals surface area contributed by atoms with Gasteiger partial charge < -0.3 is 14.5 Å². The first-order valence-corrected chi connectivity index (χ1v) is 8.09. The van der Waals surface area contributed by atoms with Crippen LogP contribution in [0.1, 0.15) is 6.42 Å². The van der Waals surface area contributed by atoms with Gasteiger partial charge in [0.15, 0.2) is 0 Å². The Bertz CT molecular complexity index is 560. The Morgan fingerprint density at radius 1 is 1.41 bits per heavy atom. The van der Waals surface area contributed by atoms with E-state index in [1.54, 1.807) is 4.90 Å². The van der Waals surface area contributed by atoms with Gasteiger partial charge in [-0.2, -0.15) is 0 Å². The number of nitrogens with zero attached hydrogens (tertiary/aromatic N) is 2. The molecule has 1 heterocycles. The zero-order valence-corrected chi connectivity index (χ0v) is 13.6. The van der Waals surface area contributed by atoms with Crippen LogP contribution in [-0.4, -0.2) is 49.8 Å². The summed E-state index contributed by atoms with van der Waals surface area (Å²) in [5, 5.41) is 0.680. The minimum Gasteiger partial charge on any atom is -0.466 e. The van der Waals surface area contributed by atoms with E-state index < -0.39 is 5.97 Å². The largest absolute Gasteiger partial charge is 0.466 e. The second-order valence-electron chi connectivity index (χ2n) is 4.95. The number of carbonyl (C=O) groups excluding carboxylic acids is 2. The molecule has 1 amide bonds. The maximum absolute atomic E-state index is 11.9. The lowest BCUT2D eigenvalue weighted by Crippen LogP contribution is -2.29. The average Bonchev–Trinajstić information content (AvgIpc) is 2.88. The van der Waals surface area contributed by atoms with Crippen LogP contribution in [0.4, 0.5) is 5.69 Å². The first-order chi connectivity index (χ1) is 10.6. The zero-order chi connectivity index (χ0) is 15.9. The highest BCUT2D eigenvalue weighted by molar-refractivity contribution is 8.04. The van der Waals surface area contributed by atoms with Crippen LogP contribution in [0.3, 0.4) is 0 Å². The van der Waals surface area contributed by atoms with Crippen LogP contribution in [0, 0.1) is 0 Å². The third-order valence-electron chi connectivity index (χ3n) is 3.43. The predicted octanol–water partition coefficient (Wildman–Crippen LogP) is 2.10.